The van der Waals surface area contributed by atoms with Gasteiger partial charge >= 0.3 is 5.97 Å². The molecule has 0 fully saturated rings. The van der Waals surface area contributed by atoms with E-state index in [1.165, 1.54) is 11.1 Å². The highest BCUT2D eigenvalue weighted by Crippen LogP contribution is 2.17. The summed E-state index contributed by atoms with van der Waals surface area (Å²) in [7, 11) is 0. The molecule has 0 aliphatic heterocycles. The largest absolute Gasteiger partial charge is 0.463 e. The summed E-state index contributed by atoms with van der Waals surface area (Å²) >= 11 is 1.68. The Bertz CT molecular complexity index is 399. The molecule has 92 valence electrons. The standard InChI is InChI=1S/C14H18O2S/c1-4-16-14(15)12(3)9-17-10-13-8-6-5-7-11(13)2/h5-8H,3-4,9-10H2,1-2H3. The van der Waals surface area contributed by atoms with Crippen molar-refractivity contribution in [2.24, 2.45) is 0 Å². The number of thioether (sulfide) groups is 1. The summed E-state index contributed by atoms with van der Waals surface area (Å²) in [5.74, 6) is 1.22. The molecule has 0 atom stereocenters. The van der Waals surface area contributed by atoms with Crippen molar-refractivity contribution >= 4 is 17.7 Å². The highest BCUT2D eigenvalue weighted by molar-refractivity contribution is 7.98. The van der Waals surface area contributed by atoms with Crippen LogP contribution in [-0.4, -0.2) is 18.3 Å². The molecule has 0 heterocycles. The van der Waals surface area contributed by atoms with Gasteiger partial charge in [0.15, 0.2) is 0 Å². The zero-order valence-corrected chi connectivity index (χ0v) is 11.2. The quantitative estimate of drug-likeness (QED) is 0.572. The number of hydrogen-bond acceptors (Lipinski definition) is 3. The van der Waals surface area contributed by atoms with Crippen LogP contribution in [0.2, 0.25) is 0 Å². The number of aryl methyl sites for hydroxylation is 1. The lowest BCUT2D eigenvalue weighted by atomic mass is 10.1. The third-order valence-electron chi connectivity index (χ3n) is 2.36. The maximum absolute atomic E-state index is 11.3. The maximum atomic E-state index is 11.3. The molecule has 1 rings (SSSR count). The van der Waals surface area contributed by atoms with E-state index in [1.807, 2.05) is 12.1 Å². The molecule has 1 aromatic carbocycles. The predicted molar refractivity (Wildman–Crippen MR) is 73.1 cm³/mol. The van der Waals surface area contributed by atoms with Crippen LogP contribution in [0, 0.1) is 6.92 Å². The van der Waals surface area contributed by atoms with Crippen LogP contribution >= 0.6 is 11.8 Å². The van der Waals surface area contributed by atoms with Crippen molar-refractivity contribution in [3.63, 3.8) is 0 Å². The van der Waals surface area contributed by atoms with Crippen LogP contribution in [0.15, 0.2) is 36.4 Å². The molecule has 0 saturated heterocycles. The highest BCUT2D eigenvalue weighted by atomic mass is 32.2. The first-order valence-corrected chi connectivity index (χ1v) is 6.77. The van der Waals surface area contributed by atoms with E-state index in [2.05, 4.69) is 25.6 Å². The Hall–Kier alpha value is -1.22. The second-order valence-corrected chi connectivity index (χ2v) is 4.73. The molecule has 0 bridgehead atoms. The molecular formula is C14H18O2S. The van der Waals surface area contributed by atoms with Crippen molar-refractivity contribution in [1.82, 2.24) is 0 Å². The molecule has 2 nitrogen and oxygen atoms in total. The van der Waals surface area contributed by atoms with E-state index in [4.69, 9.17) is 4.74 Å². The van der Waals surface area contributed by atoms with Gasteiger partial charge in [-0.05, 0) is 25.0 Å². The number of carbonyl (C=O) groups is 1. The van der Waals surface area contributed by atoms with Gasteiger partial charge in [-0.25, -0.2) is 4.79 Å². The lowest BCUT2D eigenvalue weighted by molar-refractivity contribution is -0.138. The number of esters is 1. The molecule has 17 heavy (non-hydrogen) atoms. The van der Waals surface area contributed by atoms with Crippen molar-refractivity contribution in [1.29, 1.82) is 0 Å². The maximum Gasteiger partial charge on any atom is 0.334 e. The van der Waals surface area contributed by atoms with E-state index < -0.39 is 0 Å². The van der Waals surface area contributed by atoms with Gasteiger partial charge < -0.3 is 4.74 Å². The molecule has 0 amide bonds. The lowest BCUT2D eigenvalue weighted by Crippen LogP contribution is -2.08. The average Bonchev–Trinajstić information content (AvgIpc) is 2.31. The second kappa shape index (κ2) is 7.17. The van der Waals surface area contributed by atoms with Gasteiger partial charge in [-0.3, -0.25) is 0 Å². The molecular weight excluding hydrogens is 232 g/mol. The Balaban J connectivity index is 2.36. The van der Waals surface area contributed by atoms with Gasteiger partial charge in [0, 0.05) is 17.1 Å². The van der Waals surface area contributed by atoms with E-state index in [9.17, 15) is 4.79 Å². The van der Waals surface area contributed by atoms with Crippen molar-refractivity contribution in [3.8, 4) is 0 Å². The summed E-state index contributed by atoms with van der Waals surface area (Å²) in [5, 5.41) is 0. The first-order chi connectivity index (χ1) is 8.15. The number of ether oxygens (including phenoxy) is 1. The summed E-state index contributed by atoms with van der Waals surface area (Å²) in [5.41, 5.74) is 3.11. The normalized spacial score (nSPS) is 10.0. The molecule has 3 heteroatoms. The Morgan fingerprint density at radius 3 is 2.76 bits per heavy atom. The second-order valence-electron chi connectivity index (χ2n) is 3.74. The topological polar surface area (TPSA) is 26.3 Å². The fraction of sp³-hybridized carbons (Fsp3) is 0.357. The van der Waals surface area contributed by atoms with E-state index >= 15 is 0 Å². The van der Waals surface area contributed by atoms with Crippen molar-refractivity contribution in [2.75, 3.05) is 12.4 Å². The minimum Gasteiger partial charge on any atom is -0.463 e. The fourth-order valence-electron chi connectivity index (χ4n) is 1.35. The summed E-state index contributed by atoms with van der Waals surface area (Å²) in [6.07, 6.45) is 0. The molecule has 0 unspecified atom stereocenters. The smallest absolute Gasteiger partial charge is 0.334 e. The zero-order valence-electron chi connectivity index (χ0n) is 10.4. The van der Waals surface area contributed by atoms with Crippen LogP contribution in [0.25, 0.3) is 0 Å². The molecule has 0 aliphatic rings. The van der Waals surface area contributed by atoms with Crippen LogP contribution in [0.5, 0.6) is 0 Å². The summed E-state index contributed by atoms with van der Waals surface area (Å²) in [6.45, 7) is 8.03. The van der Waals surface area contributed by atoms with Gasteiger partial charge in [0.1, 0.15) is 0 Å². The number of rotatable bonds is 6. The molecule has 0 radical (unpaired) electrons. The van der Waals surface area contributed by atoms with Crippen LogP contribution < -0.4 is 0 Å². The van der Waals surface area contributed by atoms with Crippen molar-refractivity contribution in [2.45, 2.75) is 19.6 Å². The molecule has 0 spiro atoms. The van der Waals surface area contributed by atoms with Crippen LogP contribution in [0.4, 0.5) is 0 Å². The van der Waals surface area contributed by atoms with Gasteiger partial charge in [0.05, 0.1) is 6.61 Å². The molecule has 0 N–H and O–H groups in total. The van der Waals surface area contributed by atoms with E-state index in [1.54, 1.807) is 18.7 Å². The third-order valence-corrected chi connectivity index (χ3v) is 3.43. The predicted octanol–water partition coefficient (Wildman–Crippen LogP) is 3.35. The van der Waals surface area contributed by atoms with Gasteiger partial charge in [-0.1, -0.05) is 30.8 Å². The number of carbonyl (C=O) groups excluding carboxylic acids is 1. The Morgan fingerprint density at radius 2 is 2.12 bits per heavy atom. The highest BCUT2D eigenvalue weighted by Gasteiger charge is 2.07. The SMILES string of the molecule is C=C(CSCc1ccccc1C)C(=O)OCC. The van der Waals surface area contributed by atoms with Crippen LogP contribution in [-0.2, 0) is 15.3 Å². The van der Waals surface area contributed by atoms with Gasteiger partial charge in [-0.2, -0.15) is 11.8 Å². The summed E-state index contributed by atoms with van der Waals surface area (Å²) in [6, 6.07) is 8.26. The zero-order chi connectivity index (χ0) is 12.7. The third kappa shape index (κ3) is 4.65. The van der Waals surface area contributed by atoms with Gasteiger partial charge in [0.25, 0.3) is 0 Å². The minimum absolute atomic E-state index is 0.287. The first kappa shape index (κ1) is 13.8. The Kier molecular flexibility index (Phi) is 5.84. The van der Waals surface area contributed by atoms with E-state index in [-0.39, 0.29) is 5.97 Å². The van der Waals surface area contributed by atoms with Crippen molar-refractivity contribution < 1.29 is 9.53 Å². The van der Waals surface area contributed by atoms with Crippen molar-refractivity contribution in [3.05, 3.63) is 47.5 Å². The van der Waals surface area contributed by atoms with E-state index in [0.717, 1.165) is 5.75 Å². The fourth-order valence-corrected chi connectivity index (χ4v) is 2.36. The lowest BCUT2D eigenvalue weighted by Gasteiger charge is -2.07. The van der Waals surface area contributed by atoms with E-state index in [0.29, 0.717) is 17.9 Å². The number of hydrogen-bond donors (Lipinski definition) is 0. The van der Waals surface area contributed by atoms with Crippen LogP contribution in [0.1, 0.15) is 18.1 Å². The average molecular weight is 250 g/mol. The Morgan fingerprint density at radius 1 is 1.41 bits per heavy atom. The summed E-state index contributed by atoms with van der Waals surface area (Å²) < 4.78 is 4.88. The Labute approximate surface area is 107 Å². The first-order valence-electron chi connectivity index (χ1n) is 5.62. The van der Waals surface area contributed by atoms with Gasteiger partial charge in [0.2, 0.25) is 0 Å². The van der Waals surface area contributed by atoms with Gasteiger partial charge in [-0.15, -0.1) is 0 Å². The molecule has 0 saturated carbocycles. The molecule has 0 aliphatic carbocycles. The van der Waals surface area contributed by atoms with Crippen LogP contribution in [0.3, 0.4) is 0 Å². The monoisotopic (exact) mass is 250 g/mol. The molecule has 1 aromatic rings. The number of benzene rings is 1. The minimum atomic E-state index is -0.287. The molecule has 0 aromatic heterocycles. The summed E-state index contributed by atoms with van der Waals surface area (Å²) in [4.78, 5) is 11.3.